The Balaban J connectivity index is 1.59. The summed E-state index contributed by atoms with van der Waals surface area (Å²) >= 11 is 0. The number of ether oxygens (including phenoxy) is 2. The van der Waals surface area contributed by atoms with Gasteiger partial charge in [0.2, 0.25) is 0 Å². The van der Waals surface area contributed by atoms with Crippen LogP contribution in [0.5, 0.6) is 0 Å². The second-order valence-electron chi connectivity index (χ2n) is 7.63. The number of carbonyl (C=O) groups is 1. The van der Waals surface area contributed by atoms with E-state index in [1.807, 2.05) is 0 Å². The summed E-state index contributed by atoms with van der Waals surface area (Å²) in [6, 6.07) is 1.03. The second-order valence-corrected chi connectivity index (χ2v) is 7.63. The summed E-state index contributed by atoms with van der Waals surface area (Å²) < 4.78 is 12.7. The maximum atomic E-state index is 12.4. The lowest BCUT2D eigenvalue weighted by Gasteiger charge is -2.45. The first-order chi connectivity index (χ1) is 9.98. The predicted molar refractivity (Wildman–Crippen MR) is 80.8 cm³/mol. The van der Waals surface area contributed by atoms with Crippen LogP contribution in [-0.4, -0.2) is 54.9 Å². The molecule has 0 aromatic heterocycles. The Morgan fingerprint density at radius 3 is 2.14 bits per heavy atom. The number of likely N-dealkylation sites (N-methyl/N-ethyl adjacent to an activating group) is 1. The number of fused-ring (bicyclic) bond motifs is 5. The average molecular weight is 296 g/mol. The molecule has 0 amide bonds. The highest BCUT2D eigenvalue weighted by atomic mass is 16.6. The van der Waals surface area contributed by atoms with Gasteiger partial charge in [0.15, 0.2) is 0 Å². The topological polar surface area (TPSA) is 38.8 Å². The molecule has 3 rings (SSSR count). The molecular formula is C17H30NO3+. The maximum Gasteiger partial charge on any atom is 0.309 e. The van der Waals surface area contributed by atoms with E-state index in [1.54, 1.807) is 0 Å². The third-order valence-electron chi connectivity index (χ3n) is 5.93. The largest absolute Gasteiger partial charge is 0.462 e. The Hall–Kier alpha value is -0.610. The number of rotatable bonds is 6. The van der Waals surface area contributed by atoms with Crippen molar-refractivity contribution in [3.8, 4) is 0 Å². The molecule has 0 N–H and O–H groups in total. The van der Waals surface area contributed by atoms with Crippen LogP contribution >= 0.6 is 0 Å². The molecule has 3 aliphatic heterocycles. The minimum absolute atomic E-state index is 0.0462. The van der Waals surface area contributed by atoms with Crippen molar-refractivity contribution in [2.45, 2.75) is 82.8 Å². The van der Waals surface area contributed by atoms with Crippen LogP contribution in [0, 0.1) is 5.92 Å². The van der Waals surface area contributed by atoms with Gasteiger partial charge < -0.3 is 14.0 Å². The van der Waals surface area contributed by atoms with Gasteiger partial charge in [-0.25, -0.2) is 0 Å². The van der Waals surface area contributed by atoms with Crippen LogP contribution in [0.1, 0.15) is 52.4 Å². The number of morpholine rings is 1. The number of nitrogens with zero attached hydrogens (tertiary/aromatic N) is 1. The minimum Gasteiger partial charge on any atom is -0.462 e. The molecule has 1 unspecified atom stereocenters. The number of hydrogen-bond acceptors (Lipinski definition) is 3. The first-order valence-corrected chi connectivity index (χ1v) is 8.68. The lowest BCUT2D eigenvalue weighted by Crippen LogP contribution is -2.60. The molecule has 4 heteroatoms. The molecule has 3 fully saturated rings. The van der Waals surface area contributed by atoms with E-state index < -0.39 is 0 Å². The molecule has 0 spiro atoms. The second kappa shape index (κ2) is 5.54. The van der Waals surface area contributed by atoms with Crippen LogP contribution in [0.2, 0.25) is 0 Å². The molecule has 21 heavy (non-hydrogen) atoms. The van der Waals surface area contributed by atoms with E-state index in [1.165, 1.54) is 0 Å². The molecular weight excluding hydrogens is 266 g/mol. The fourth-order valence-electron chi connectivity index (χ4n) is 4.64. The maximum absolute atomic E-state index is 12.4. The first kappa shape index (κ1) is 15.3. The van der Waals surface area contributed by atoms with Gasteiger partial charge in [-0.2, -0.15) is 0 Å². The highest BCUT2D eigenvalue weighted by Crippen LogP contribution is 2.51. The molecule has 0 aromatic rings. The summed E-state index contributed by atoms with van der Waals surface area (Å²) in [4.78, 5) is 12.4. The standard InChI is InChI=1S/C17H30NO3/c1-5-7-11(8-6-2)17(19)20-12-9-13-15-16(21-15)14(10-12)18(13,3)4/h11-16H,5-10H2,1-4H3/q+1/t12?,13-,14-,15-,16+/m0/s1. The van der Waals surface area contributed by atoms with Gasteiger partial charge in [0.25, 0.3) is 0 Å². The fourth-order valence-corrected chi connectivity index (χ4v) is 4.64. The van der Waals surface area contributed by atoms with Gasteiger partial charge in [-0.1, -0.05) is 26.7 Å². The van der Waals surface area contributed by atoms with E-state index in [-0.39, 0.29) is 18.0 Å². The van der Waals surface area contributed by atoms with E-state index in [9.17, 15) is 4.79 Å². The number of epoxide rings is 1. The summed E-state index contributed by atoms with van der Waals surface area (Å²) in [5.74, 6) is 0.151. The molecule has 120 valence electrons. The molecule has 0 aromatic carbocycles. The van der Waals surface area contributed by atoms with Crippen LogP contribution in [0.3, 0.4) is 0 Å². The normalized spacial score (nSPS) is 39.2. The summed E-state index contributed by atoms with van der Waals surface area (Å²) in [6.45, 7) is 4.28. The van der Waals surface area contributed by atoms with Gasteiger partial charge in [-0.3, -0.25) is 4.79 Å². The smallest absolute Gasteiger partial charge is 0.309 e. The van der Waals surface area contributed by atoms with Crippen molar-refractivity contribution < 1.29 is 18.8 Å². The van der Waals surface area contributed by atoms with Crippen molar-refractivity contribution >= 4 is 5.97 Å². The van der Waals surface area contributed by atoms with Crippen LogP contribution < -0.4 is 0 Å². The number of carbonyl (C=O) groups excluding carboxylic acids is 1. The molecule has 3 aliphatic rings. The Bertz CT molecular complexity index is 383. The molecule has 3 saturated heterocycles. The zero-order valence-electron chi connectivity index (χ0n) is 13.9. The van der Waals surface area contributed by atoms with Crippen molar-refractivity contribution in [1.82, 2.24) is 0 Å². The number of piperidine rings is 1. The van der Waals surface area contributed by atoms with E-state index >= 15 is 0 Å². The zero-order valence-corrected chi connectivity index (χ0v) is 13.9. The third kappa shape index (κ3) is 2.61. The van der Waals surface area contributed by atoms with Crippen molar-refractivity contribution in [1.29, 1.82) is 0 Å². The van der Waals surface area contributed by atoms with E-state index in [0.29, 0.717) is 24.3 Å². The summed E-state index contributed by atoms with van der Waals surface area (Å²) in [7, 11) is 4.61. The molecule has 5 atom stereocenters. The summed E-state index contributed by atoms with van der Waals surface area (Å²) in [5, 5.41) is 0. The summed E-state index contributed by atoms with van der Waals surface area (Å²) in [6.07, 6.45) is 6.94. The monoisotopic (exact) mass is 296 g/mol. The van der Waals surface area contributed by atoms with Crippen molar-refractivity contribution in [3.05, 3.63) is 0 Å². The van der Waals surface area contributed by atoms with Crippen molar-refractivity contribution in [2.24, 2.45) is 5.92 Å². The Labute approximate surface area is 128 Å². The van der Waals surface area contributed by atoms with Gasteiger partial charge in [0, 0.05) is 12.8 Å². The van der Waals surface area contributed by atoms with Crippen LogP contribution in [0.25, 0.3) is 0 Å². The zero-order chi connectivity index (χ0) is 15.2. The van der Waals surface area contributed by atoms with Crippen molar-refractivity contribution in [2.75, 3.05) is 14.1 Å². The summed E-state index contributed by atoms with van der Waals surface area (Å²) in [5.41, 5.74) is 0. The first-order valence-electron chi connectivity index (χ1n) is 8.68. The third-order valence-corrected chi connectivity index (χ3v) is 5.93. The molecule has 0 radical (unpaired) electrons. The van der Waals surface area contributed by atoms with Gasteiger partial charge in [-0.15, -0.1) is 0 Å². The predicted octanol–water partition coefficient (Wildman–Crippen LogP) is 2.50. The van der Waals surface area contributed by atoms with E-state index in [2.05, 4.69) is 27.9 Å². The lowest BCUT2D eigenvalue weighted by molar-refractivity contribution is -0.938. The number of quaternary nitrogens is 1. The lowest BCUT2D eigenvalue weighted by atomic mass is 9.95. The highest BCUT2D eigenvalue weighted by Gasteiger charge is 2.70. The van der Waals surface area contributed by atoms with Gasteiger partial charge >= 0.3 is 5.97 Å². The van der Waals surface area contributed by atoms with Gasteiger partial charge in [0.05, 0.1) is 20.0 Å². The Morgan fingerprint density at radius 2 is 1.67 bits per heavy atom. The van der Waals surface area contributed by atoms with Crippen molar-refractivity contribution in [3.63, 3.8) is 0 Å². The Kier molecular flexibility index (Phi) is 4.04. The van der Waals surface area contributed by atoms with E-state index in [4.69, 9.17) is 9.47 Å². The number of hydrogen-bond donors (Lipinski definition) is 0. The number of esters is 1. The average Bonchev–Trinajstić information content (AvgIpc) is 3.16. The molecule has 0 saturated carbocycles. The molecule has 2 bridgehead atoms. The van der Waals surface area contributed by atoms with Gasteiger partial charge in [-0.05, 0) is 12.8 Å². The van der Waals surface area contributed by atoms with Gasteiger partial charge in [0.1, 0.15) is 30.4 Å². The SMILES string of the molecule is CCCC(CCC)C(=O)OC1C[C@H]2[C@@H]3O[C@@H]3[C@H](C1)[N+]2(C)C. The van der Waals surface area contributed by atoms with E-state index in [0.717, 1.165) is 43.0 Å². The Morgan fingerprint density at radius 1 is 1.14 bits per heavy atom. The molecule has 0 aliphatic carbocycles. The molecule has 4 nitrogen and oxygen atoms in total. The van der Waals surface area contributed by atoms with Crippen LogP contribution in [0.4, 0.5) is 0 Å². The van der Waals surface area contributed by atoms with Crippen LogP contribution in [0.15, 0.2) is 0 Å². The molecule has 3 heterocycles. The minimum atomic E-state index is 0.0462. The fraction of sp³-hybridized carbons (Fsp3) is 0.941. The quantitative estimate of drug-likeness (QED) is 0.429. The van der Waals surface area contributed by atoms with Crippen LogP contribution in [-0.2, 0) is 14.3 Å². The highest BCUT2D eigenvalue weighted by molar-refractivity contribution is 5.72.